The van der Waals surface area contributed by atoms with Crippen molar-refractivity contribution in [2.24, 2.45) is 0 Å². The van der Waals surface area contributed by atoms with Gasteiger partial charge in [-0.1, -0.05) is 36.5 Å². The summed E-state index contributed by atoms with van der Waals surface area (Å²) in [5, 5.41) is 11.0. The molecular weight excluding hydrogens is 428 g/mol. The minimum absolute atomic E-state index is 0.0778. The van der Waals surface area contributed by atoms with Crippen molar-refractivity contribution >= 4 is 49.8 Å². The summed E-state index contributed by atoms with van der Waals surface area (Å²) in [6.07, 6.45) is 0.670. The maximum atomic E-state index is 12.6. The summed E-state index contributed by atoms with van der Waals surface area (Å²) in [4.78, 5) is 13.7. The molecule has 10 heteroatoms. The van der Waals surface area contributed by atoms with Gasteiger partial charge >= 0.3 is 0 Å². The van der Waals surface area contributed by atoms with Crippen molar-refractivity contribution in [2.45, 2.75) is 35.3 Å². The van der Waals surface area contributed by atoms with Crippen LogP contribution in [0, 0.1) is 6.92 Å². The van der Waals surface area contributed by atoms with Gasteiger partial charge in [0.15, 0.2) is 0 Å². The van der Waals surface area contributed by atoms with E-state index in [2.05, 4.69) is 20.2 Å². The number of amides is 1. The first-order valence-corrected chi connectivity index (χ1v) is 12.0. The number of hydrogen-bond donors (Lipinski definition) is 2. The number of nitrogens with zero attached hydrogens (tertiary/aromatic N) is 2. The summed E-state index contributed by atoms with van der Waals surface area (Å²) in [6, 6.07) is 15.7. The molecule has 29 heavy (non-hydrogen) atoms. The molecular formula is C19H20N4O3S3. The molecule has 1 unspecified atom stereocenters. The molecule has 3 aromatic rings. The summed E-state index contributed by atoms with van der Waals surface area (Å²) >= 11 is 2.65. The number of anilines is 2. The van der Waals surface area contributed by atoms with Crippen LogP contribution in [0.3, 0.4) is 0 Å². The number of aromatic nitrogens is 2. The van der Waals surface area contributed by atoms with Gasteiger partial charge in [-0.05, 0) is 49.7 Å². The lowest BCUT2D eigenvalue weighted by atomic mass is 10.3. The van der Waals surface area contributed by atoms with E-state index in [1.165, 1.54) is 23.9 Å². The van der Waals surface area contributed by atoms with Crippen LogP contribution in [-0.4, -0.2) is 29.8 Å². The number of rotatable bonds is 8. The van der Waals surface area contributed by atoms with Crippen LogP contribution >= 0.6 is 23.1 Å². The SMILES string of the molecule is CCC(Sc1ccccc1)C(=O)Nc1ccc(S(=O)(=O)Nc2nnc(C)s2)cc1. The second-order valence-corrected chi connectivity index (χ2v) is 10.2. The first-order valence-electron chi connectivity index (χ1n) is 8.83. The molecule has 0 bridgehead atoms. The van der Waals surface area contributed by atoms with Gasteiger partial charge in [0.1, 0.15) is 5.01 Å². The van der Waals surface area contributed by atoms with Crippen LogP contribution in [-0.2, 0) is 14.8 Å². The summed E-state index contributed by atoms with van der Waals surface area (Å²) in [7, 11) is -3.77. The van der Waals surface area contributed by atoms with Crippen LogP contribution in [0.15, 0.2) is 64.4 Å². The number of benzene rings is 2. The number of carbonyl (C=O) groups excluding carboxylic acids is 1. The number of aryl methyl sites for hydroxylation is 1. The third-order valence-corrected chi connectivity index (χ3v) is 7.48. The van der Waals surface area contributed by atoms with E-state index >= 15 is 0 Å². The lowest BCUT2D eigenvalue weighted by Crippen LogP contribution is -2.24. The maximum absolute atomic E-state index is 12.6. The van der Waals surface area contributed by atoms with Gasteiger partial charge in [-0.2, -0.15) is 0 Å². The highest BCUT2D eigenvalue weighted by molar-refractivity contribution is 8.00. The average molecular weight is 449 g/mol. The first kappa shape index (κ1) is 21.3. The minimum Gasteiger partial charge on any atom is -0.325 e. The number of carbonyl (C=O) groups is 1. The third kappa shape index (κ3) is 5.78. The van der Waals surface area contributed by atoms with Gasteiger partial charge in [0.2, 0.25) is 11.0 Å². The summed E-state index contributed by atoms with van der Waals surface area (Å²) < 4.78 is 27.3. The Hall–Kier alpha value is -2.43. The van der Waals surface area contributed by atoms with E-state index < -0.39 is 10.0 Å². The quantitative estimate of drug-likeness (QED) is 0.502. The number of sulfonamides is 1. The van der Waals surface area contributed by atoms with Crippen molar-refractivity contribution in [3.05, 3.63) is 59.6 Å². The van der Waals surface area contributed by atoms with E-state index in [9.17, 15) is 13.2 Å². The van der Waals surface area contributed by atoms with Crippen molar-refractivity contribution in [1.82, 2.24) is 10.2 Å². The standard InChI is InChI=1S/C19H20N4O3S3/c1-3-17(28-15-7-5-4-6-8-15)18(24)20-14-9-11-16(12-10-14)29(25,26)23-19-22-21-13(2)27-19/h4-12,17H,3H2,1-2H3,(H,20,24)(H,22,23). The Labute approximate surface area is 178 Å². The number of thioether (sulfide) groups is 1. The van der Waals surface area contributed by atoms with Gasteiger partial charge in [-0.15, -0.1) is 22.0 Å². The van der Waals surface area contributed by atoms with Crippen LogP contribution < -0.4 is 10.0 Å². The second-order valence-electron chi connectivity index (χ2n) is 6.07. The molecule has 152 valence electrons. The highest BCUT2D eigenvalue weighted by atomic mass is 32.2. The Kier molecular flexibility index (Phi) is 6.88. The van der Waals surface area contributed by atoms with E-state index in [0.717, 1.165) is 16.2 Å². The topological polar surface area (TPSA) is 101 Å². The Morgan fingerprint density at radius 1 is 1.10 bits per heavy atom. The van der Waals surface area contributed by atoms with E-state index in [1.54, 1.807) is 19.1 Å². The van der Waals surface area contributed by atoms with E-state index in [4.69, 9.17) is 0 Å². The first-order chi connectivity index (χ1) is 13.9. The van der Waals surface area contributed by atoms with E-state index in [1.807, 2.05) is 37.3 Å². The van der Waals surface area contributed by atoms with E-state index in [-0.39, 0.29) is 21.2 Å². The van der Waals surface area contributed by atoms with E-state index in [0.29, 0.717) is 17.1 Å². The molecule has 0 aliphatic rings. The highest BCUT2D eigenvalue weighted by Crippen LogP contribution is 2.26. The van der Waals surface area contributed by atoms with Crippen LogP contribution in [0.4, 0.5) is 10.8 Å². The van der Waals surface area contributed by atoms with Crippen LogP contribution in [0.5, 0.6) is 0 Å². The monoisotopic (exact) mass is 448 g/mol. The molecule has 1 aromatic heterocycles. The summed E-state index contributed by atoms with van der Waals surface area (Å²) in [5.41, 5.74) is 0.535. The molecule has 2 N–H and O–H groups in total. The van der Waals surface area contributed by atoms with Crippen molar-refractivity contribution in [3.8, 4) is 0 Å². The predicted octanol–water partition coefficient (Wildman–Crippen LogP) is 4.16. The number of hydrogen-bond acceptors (Lipinski definition) is 7. The molecule has 0 radical (unpaired) electrons. The predicted molar refractivity (Wildman–Crippen MR) is 117 cm³/mol. The Bertz CT molecular complexity index is 1070. The van der Waals surface area contributed by atoms with Crippen LogP contribution in [0.2, 0.25) is 0 Å². The molecule has 2 aromatic carbocycles. The molecule has 1 heterocycles. The molecule has 0 spiro atoms. The zero-order chi connectivity index (χ0) is 20.9. The molecule has 1 amide bonds. The van der Waals surface area contributed by atoms with Crippen molar-refractivity contribution in [2.75, 3.05) is 10.0 Å². The lowest BCUT2D eigenvalue weighted by Gasteiger charge is -2.15. The lowest BCUT2D eigenvalue weighted by molar-refractivity contribution is -0.115. The fraction of sp³-hybridized carbons (Fsp3) is 0.211. The largest absolute Gasteiger partial charge is 0.325 e. The van der Waals surface area contributed by atoms with Crippen molar-refractivity contribution in [1.29, 1.82) is 0 Å². The smallest absolute Gasteiger partial charge is 0.263 e. The molecule has 3 rings (SSSR count). The molecule has 0 aliphatic heterocycles. The summed E-state index contributed by atoms with van der Waals surface area (Å²) in [6.45, 7) is 3.70. The fourth-order valence-electron chi connectivity index (χ4n) is 2.44. The molecule has 0 saturated carbocycles. The molecule has 7 nitrogen and oxygen atoms in total. The summed E-state index contributed by atoms with van der Waals surface area (Å²) in [5.74, 6) is -0.126. The zero-order valence-electron chi connectivity index (χ0n) is 15.8. The van der Waals surface area contributed by atoms with Gasteiger partial charge in [0.25, 0.3) is 10.0 Å². The van der Waals surface area contributed by atoms with Crippen molar-refractivity contribution < 1.29 is 13.2 Å². The Morgan fingerprint density at radius 3 is 2.38 bits per heavy atom. The average Bonchev–Trinajstić information content (AvgIpc) is 3.11. The van der Waals surface area contributed by atoms with Gasteiger partial charge in [-0.25, -0.2) is 8.42 Å². The van der Waals surface area contributed by atoms with Gasteiger partial charge in [-0.3, -0.25) is 9.52 Å². The van der Waals surface area contributed by atoms with Gasteiger partial charge < -0.3 is 5.32 Å². The number of nitrogens with one attached hydrogen (secondary N) is 2. The highest BCUT2D eigenvalue weighted by Gasteiger charge is 2.19. The maximum Gasteiger partial charge on any atom is 0.263 e. The third-order valence-electron chi connectivity index (χ3n) is 3.86. The molecule has 1 atom stereocenters. The fourth-order valence-corrected chi connectivity index (χ4v) is 5.23. The Morgan fingerprint density at radius 2 is 1.79 bits per heavy atom. The Balaban J connectivity index is 1.65. The van der Waals surface area contributed by atoms with Gasteiger partial charge in [0.05, 0.1) is 10.1 Å². The zero-order valence-corrected chi connectivity index (χ0v) is 18.3. The minimum atomic E-state index is -3.77. The molecule has 0 saturated heterocycles. The van der Waals surface area contributed by atoms with Gasteiger partial charge in [0, 0.05) is 10.6 Å². The van der Waals surface area contributed by atoms with Crippen molar-refractivity contribution in [3.63, 3.8) is 0 Å². The van der Waals surface area contributed by atoms with Crippen LogP contribution in [0.1, 0.15) is 18.4 Å². The van der Waals surface area contributed by atoms with Crippen LogP contribution in [0.25, 0.3) is 0 Å². The second kappa shape index (κ2) is 9.38. The normalized spacial score (nSPS) is 12.3. The molecule has 0 fully saturated rings. The molecule has 0 aliphatic carbocycles.